The molecule has 17 heavy (non-hydrogen) atoms. The van der Waals surface area contributed by atoms with E-state index in [1.54, 1.807) is 0 Å². The van der Waals surface area contributed by atoms with E-state index in [0.29, 0.717) is 13.2 Å². The van der Waals surface area contributed by atoms with Gasteiger partial charge in [-0.05, 0) is 47.1 Å². The Hall–Kier alpha value is -0.580. The quantitative estimate of drug-likeness (QED) is 0.749. The van der Waals surface area contributed by atoms with Crippen LogP contribution < -0.4 is 10.1 Å². The van der Waals surface area contributed by atoms with Crippen molar-refractivity contribution in [3.8, 4) is 5.75 Å². The molecule has 1 rings (SSSR count). The largest absolute Gasteiger partial charge is 0.490 e. The molecule has 0 saturated heterocycles. The summed E-state index contributed by atoms with van der Waals surface area (Å²) in [5.74, 6) is 0.866. The van der Waals surface area contributed by atoms with Crippen LogP contribution in [0.2, 0.25) is 0 Å². The van der Waals surface area contributed by atoms with Gasteiger partial charge in [0.15, 0.2) is 0 Å². The molecule has 1 aromatic carbocycles. The predicted octanol–water partition coefficient (Wildman–Crippen LogP) is 2.97. The van der Waals surface area contributed by atoms with Gasteiger partial charge in [0.25, 0.3) is 0 Å². The van der Waals surface area contributed by atoms with Crippen molar-refractivity contribution in [2.75, 3.05) is 26.9 Å². The summed E-state index contributed by atoms with van der Waals surface area (Å²) in [4.78, 5) is 0. The Labute approximate surface area is 112 Å². The van der Waals surface area contributed by atoms with Crippen LogP contribution in [0.1, 0.15) is 18.9 Å². The minimum Gasteiger partial charge on any atom is -0.490 e. The SMILES string of the molecule is CCCOCCOc1ccc(CNC)cc1Br. The molecule has 0 unspecified atom stereocenters. The Morgan fingerprint density at radius 2 is 2.06 bits per heavy atom. The lowest BCUT2D eigenvalue weighted by molar-refractivity contribution is 0.100. The van der Waals surface area contributed by atoms with E-state index in [0.717, 1.165) is 29.8 Å². The molecule has 0 heterocycles. The molecule has 0 aliphatic heterocycles. The zero-order valence-electron chi connectivity index (χ0n) is 10.5. The third-order valence-corrected chi connectivity index (χ3v) is 2.83. The molecular weight excluding hydrogens is 282 g/mol. The minimum absolute atomic E-state index is 0.587. The first kappa shape index (κ1) is 14.5. The fourth-order valence-corrected chi connectivity index (χ4v) is 1.97. The lowest BCUT2D eigenvalue weighted by Gasteiger charge is -2.10. The van der Waals surface area contributed by atoms with Crippen molar-refractivity contribution >= 4 is 15.9 Å². The molecule has 3 nitrogen and oxygen atoms in total. The molecule has 0 aromatic heterocycles. The van der Waals surface area contributed by atoms with Crippen LogP contribution in [0.25, 0.3) is 0 Å². The standard InChI is InChI=1S/C13H20BrNO2/c1-3-6-16-7-8-17-13-5-4-11(10-15-2)9-12(13)14/h4-5,9,15H,3,6-8,10H2,1-2H3. The van der Waals surface area contributed by atoms with Crippen LogP contribution in [-0.4, -0.2) is 26.9 Å². The van der Waals surface area contributed by atoms with Crippen LogP contribution in [0.15, 0.2) is 22.7 Å². The van der Waals surface area contributed by atoms with Gasteiger partial charge in [-0.25, -0.2) is 0 Å². The number of benzene rings is 1. The van der Waals surface area contributed by atoms with Gasteiger partial charge in [-0.1, -0.05) is 13.0 Å². The average molecular weight is 302 g/mol. The van der Waals surface area contributed by atoms with Crippen LogP contribution >= 0.6 is 15.9 Å². The van der Waals surface area contributed by atoms with Crippen molar-refractivity contribution < 1.29 is 9.47 Å². The minimum atomic E-state index is 0.587. The maximum Gasteiger partial charge on any atom is 0.133 e. The summed E-state index contributed by atoms with van der Waals surface area (Å²) < 4.78 is 12.0. The van der Waals surface area contributed by atoms with Crippen molar-refractivity contribution in [2.24, 2.45) is 0 Å². The van der Waals surface area contributed by atoms with Gasteiger partial charge in [-0.15, -0.1) is 0 Å². The summed E-state index contributed by atoms with van der Waals surface area (Å²) in [6.45, 7) is 4.98. The second-order valence-electron chi connectivity index (χ2n) is 3.76. The first-order valence-electron chi connectivity index (χ1n) is 5.91. The Balaban J connectivity index is 2.38. The van der Waals surface area contributed by atoms with E-state index in [2.05, 4.69) is 40.3 Å². The third-order valence-electron chi connectivity index (χ3n) is 2.21. The lowest BCUT2D eigenvalue weighted by Crippen LogP contribution is -2.08. The normalized spacial score (nSPS) is 10.5. The molecule has 0 aliphatic rings. The molecule has 0 spiro atoms. The van der Waals surface area contributed by atoms with Crippen LogP contribution in [0.3, 0.4) is 0 Å². The highest BCUT2D eigenvalue weighted by molar-refractivity contribution is 9.10. The lowest BCUT2D eigenvalue weighted by atomic mass is 10.2. The first-order valence-corrected chi connectivity index (χ1v) is 6.70. The fourth-order valence-electron chi connectivity index (χ4n) is 1.43. The number of nitrogens with one attached hydrogen (secondary N) is 1. The Bertz CT molecular complexity index is 331. The summed E-state index contributed by atoms with van der Waals surface area (Å²) in [5.41, 5.74) is 1.23. The van der Waals surface area contributed by atoms with Crippen LogP contribution in [0, 0.1) is 0 Å². The molecule has 0 atom stereocenters. The van der Waals surface area contributed by atoms with E-state index in [1.165, 1.54) is 5.56 Å². The smallest absolute Gasteiger partial charge is 0.133 e. The molecule has 0 amide bonds. The predicted molar refractivity (Wildman–Crippen MR) is 73.5 cm³/mol. The van der Waals surface area contributed by atoms with Gasteiger partial charge in [0.2, 0.25) is 0 Å². The van der Waals surface area contributed by atoms with E-state index in [-0.39, 0.29) is 0 Å². The topological polar surface area (TPSA) is 30.5 Å². The summed E-state index contributed by atoms with van der Waals surface area (Å²) in [5, 5.41) is 3.12. The molecule has 0 fully saturated rings. The molecule has 0 saturated carbocycles. The summed E-state index contributed by atoms with van der Waals surface area (Å²) in [7, 11) is 1.93. The van der Waals surface area contributed by atoms with E-state index in [1.807, 2.05) is 13.1 Å². The summed E-state index contributed by atoms with van der Waals surface area (Å²) >= 11 is 3.51. The monoisotopic (exact) mass is 301 g/mol. The second-order valence-corrected chi connectivity index (χ2v) is 4.61. The number of hydrogen-bond donors (Lipinski definition) is 1. The molecule has 96 valence electrons. The van der Waals surface area contributed by atoms with Gasteiger partial charge in [-0.3, -0.25) is 0 Å². The number of ether oxygens (including phenoxy) is 2. The highest BCUT2D eigenvalue weighted by atomic mass is 79.9. The maximum atomic E-state index is 5.62. The molecule has 1 aromatic rings. The molecule has 0 bridgehead atoms. The molecule has 4 heteroatoms. The van der Waals surface area contributed by atoms with Crippen molar-refractivity contribution in [3.63, 3.8) is 0 Å². The van der Waals surface area contributed by atoms with E-state index >= 15 is 0 Å². The average Bonchev–Trinajstić information content (AvgIpc) is 2.32. The van der Waals surface area contributed by atoms with Crippen molar-refractivity contribution in [1.29, 1.82) is 0 Å². The zero-order valence-corrected chi connectivity index (χ0v) is 12.0. The Kier molecular flexibility index (Phi) is 7.24. The number of halogens is 1. The number of rotatable bonds is 8. The summed E-state index contributed by atoms with van der Waals surface area (Å²) in [6.07, 6.45) is 1.04. The van der Waals surface area contributed by atoms with Crippen LogP contribution in [-0.2, 0) is 11.3 Å². The van der Waals surface area contributed by atoms with E-state index in [9.17, 15) is 0 Å². The van der Waals surface area contributed by atoms with Crippen molar-refractivity contribution in [2.45, 2.75) is 19.9 Å². The highest BCUT2D eigenvalue weighted by Crippen LogP contribution is 2.25. The molecular formula is C13H20BrNO2. The first-order chi connectivity index (χ1) is 8.27. The van der Waals surface area contributed by atoms with Crippen LogP contribution in [0.5, 0.6) is 5.75 Å². The third kappa shape index (κ3) is 5.52. The van der Waals surface area contributed by atoms with Crippen molar-refractivity contribution in [3.05, 3.63) is 28.2 Å². The van der Waals surface area contributed by atoms with Crippen LogP contribution in [0.4, 0.5) is 0 Å². The highest BCUT2D eigenvalue weighted by Gasteiger charge is 2.02. The molecule has 0 aliphatic carbocycles. The van der Waals surface area contributed by atoms with Gasteiger partial charge < -0.3 is 14.8 Å². The Morgan fingerprint density at radius 3 is 2.71 bits per heavy atom. The molecule has 0 radical (unpaired) electrons. The fraction of sp³-hybridized carbons (Fsp3) is 0.538. The van der Waals surface area contributed by atoms with E-state index in [4.69, 9.17) is 9.47 Å². The van der Waals surface area contributed by atoms with Gasteiger partial charge >= 0.3 is 0 Å². The van der Waals surface area contributed by atoms with Gasteiger partial charge in [-0.2, -0.15) is 0 Å². The van der Waals surface area contributed by atoms with Gasteiger partial charge in [0, 0.05) is 13.2 Å². The zero-order chi connectivity index (χ0) is 12.5. The second kappa shape index (κ2) is 8.50. The Morgan fingerprint density at radius 1 is 1.24 bits per heavy atom. The maximum absolute atomic E-state index is 5.62. The van der Waals surface area contributed by atoms with Crippen molar-refractivity contribution in [1.82, 2.24) is 5.32 Å². The summed E-state index contributed by atoms with van der Waals surface area (Å²) in [6, 6.07) is 6.11. The molecule has 1 N–H and O–H groups in total. The van der Waals surface area contributed by atoms with Gasteiger partial charge in [0.1, 0.15) is 12.4 Å². The van der Waals surface area contributed by atoms with E-state index < -0.39 is 0 Å². The number of hydrogen-bond acceptors (Lipinski definition) is 3. The van der Waals surface area contributed by atoms with Gasteiger partial charge in [0.05, 0.1) is 11.1 Å².